The van der Waals surface area contributed by atoms with E-state index in [-0.39, 0.29) is 30.9 Å². The van der Waals surface area contributed by atoms with Crippen molar-refractivity contribution in [2.24, 2.45) is 0 Å². The number of nitrogens with zero attached hydrogens (tertiary/aromatic N) is 1. The molecule has 3 rings (SSSR count). The zero-order chi connectivity index (χ0) is 20.1. The minimum Gasteiger partial charge on any atom is -0.462 e. The van der Waals surface area contributed by atoms with Gasteiger partial charge in [0.25, 0.3) is 11.8 Å². The van der Waals surface area contributed by atoms with Crippen LogP contribution in [0.25, 0.3) is 0 Å². The van der Waals surface area contributed by atoms with Crippen LogP contribution < -0.4 is 10.2 Å². The molecule has 1 saturated heterocycles. The molecule has 0 saturated carbocycles. The molecule has 2 aliphatic rings. The Hall–Kier alpha value is -1.97. The van der Waals surface area contributed by atoms with Crippen molar-refractivity contribution in [2.45, 2.75) is 26.2 Å². The first-order valence-corrected chi connectivity index (χ1v) is 10.6. The summed E-state index contributed by atoms with van der Waals surface area (Å²) in [5.74, 6) is -0.561. The summed E-state index contributed by atoms with van der Waals surface area (Å²) in [5.41, 5.74) is 1.52. The molecule has 2 heterocycles. The van der Waals surface area contributed by atoms with Crippen LogP contribution in [0, 0.1) is 0 Å². The molecule has 1 aliphatic heterocycles. The predicted octanol–water partition coefficient (Wildman–Crippen LogP) is -0.274. The third-order valence-electron chi connectivity index (χ3n) is 4.93. The molecule has 0 bridgehead atoms. The molecule has 154 valence electrons. The van der Waals surface area contributed by atoms with Crippen molar-refractivity contribution in [3.05, 3.63) is 16.0 Å². The van der Waals surface area contributed by atoms with Gasteiger partial charge in [0.1, 0.15) is 5.00 Å². The van der Waals surface area contributed by atoms with E-state index in [9.17, 15) is 14.4 Å². The van der Waals surface area contributed by atoms with Gasteiger partial charge < -0.3 is 24.6 Å². The van der Waals surface area contributed by atoms with Gasteiger partial charge in [0.15, 0.2) is 13.1 Å². The molecular formula is C19H28N3O5S+. The fraction of sp³-hybridized carbons (Fsp3) is 0.632. The molecule has 1 aromatic rings. The third-order valence-corrected chi connectivity index (χ3v) is 6.14. The van der Waals surface area contributed by atoms with Crippen LogP contribution in [-0.4, -0.2) is 75.7 Å². The Morgan fingerprint density at radius 1 is 1.21 bits per heavy atom. The fourth-order valence-corrected chi connectivity index (χ4v) is 4.90. The van der Waals surface area contributed by atoms with Gasteiger partial charge in [0.05, 0.1) is 32.4 Å². The Balaban J connectivity index is 1.58. The van der Waals surface area contributed by atoms with E-state index in [2.05, 4.69) is 5.32 Å². The summed E-state index contributed by atoms with van der Waals surface area (Å²) < 4.78 is 10.4. The molecule has 0 spiro atoms. The Morgan fingerprint density at radius 2 is 1.96 bits per heavy atom. The second-order valence-electron chi connectivity index (χ2n) is 7.13. The monoisotopic (exact) mass is 410 g/mol. The zero-order valence-electron chi connectivity index (χ0n) is 16.5. The highest BCUT2D eigenvalue weighted by Gasteiger charge is 2.29. The van der Waals surface area contributed by atoms with Crippen LogP contribution in [0.4, 0.5) is 5.00 Å². The van der Waals surface area contributed by atoms with Crippen LogP contribution in [0.15, 0.2) is 0 Å². The average molecular weight is 411 g/mol. The van der Waals surface area contributed by atoms with Crippen LogP contribution in [0.2, 0.25) is 0 Å². The number of thiophene rings is 1. The molecule has 1 unspecified atom stereocenters. The van der Waals surface area contributed by atoms with Gasteiger partial charge in [-0.1, -0.05) is 0 Å². The van der Waals surface area contributed by atoms with Gasteiger partial charge in [-0.25, -0.2) is 4.79 Å². The lowest BCUT2D eigenvalue weighted by atomic mass is 10.1. The Bertz CT molecular complexity index is 742. The summed E-state index contributed by atoms with van der Waals surface area (Å²) in [7, 11) is 1.82. The summed E-state index contributed by atoms with van der Waals surface area (Å²) in [6.45, 7) is 4.79. The number of carbonyl (C=O) groups is 3. The van der Waals surface area contributed by atoms with E-state index < -0.39 is 0 Å². The van der Waals surface area contributed by atoms with Gasteiger partial charge in [-0.3, -0.25) is 9.59 Å². The van der Waals surface area contributed by atoms with E-state index in [0.717, 1.165) is 34.6 Å². The molecule has 1 aromatic heterocycles. The van der Waals surface area contributed by atoms with Crippen molar-refractivity contribution >= 4 is 34.1 Å². The molecule has 1 aliphatic carbocycles. The van der Waals surface area contributed by atoms with Crippen molar-refractivity contribution < 1.29 is 28.8 Å². The number of likely N-dealkylation sites (N-methyl/N-ethyl adjacent to an activating group) is 1. The van der Waals surface area contributed by atoms with Crippen LogP contribution in [-0.2, 0) is 31.9 Å². The quantitative estimate of drug-likeness (QED) is 0.604. The number of anilines is 1. The highest BCUT2D eigenvalue weighted by Crippen LogP contribution is 2.39. The van der Waals surface area contributed by atoms with E-state index in [0.29, 0.717) is 43.5 Å². The van der Waals surface area contributed by atoms with Gasteiger partial charge in [-0.05, 0) is 31.7 Å². The van der Waals surface area contributed by atoms with Gasteiger partial charge >= 0.3 is 5.97 Å². The number of carbonyl (C=O) groups excluding carboxylic acids is 3. The third kappa shape index (κ3) is 4.89. The lowest BCUT2D eigenvalue weighted by Gasteiger charge is -2.27. The van der Waals surface area contributed by atoms with Crippen molar-refractivity contribution in [1.82, 2.24) is 4.90 Å². The highest BCUT2D eigenvalue weighted by atomic mass is 32.1. The van der Waals surface area contributed by atoms with Gasteiger partial charge in [-0.15, -0.1) is 11.3 Å². The van der Waals surface area contributed by atoms with Crippen molar-refractivity contribution in [3.8, 4) is 0 Å². The first-order chi connectivity index (χ1) is 13.5. The molecular weight excluding hydrogens is 382 g/mol. The Labute approximate surface area is 168 Å². The van der Waals surface area contributed by atoms with E-state index in [1.807, 2.05) is 7.05 Å². The van der Waals surface area contributed by atoms with E-state index in [4.69, 9.17) is 9.47 Å². The van der Waals surface area contributed by atoms with Crippen molar-refractivity contribution in [3.63, 3.8) is 0 Å². The van der Waals surface area contributed by atoms with E-state index >= 15 is 0 Å². The lowest BCUT2D eigenvalue weighted by molar-refractivity contribution is -0.862. The normalized spacial score (nSPS) is 17.1. The molecule has 1 atom stereocenters. The summed E-state index contributed by atoms with van der Waals surface area (Å²) in [4.78, 5) is 40.9. The largest absolute Gasteiger partial charge is 0.462 e. The van der Waals surface area contributed by atoms with Crippen molar-refractivity contribution in [1.29, 1.82) is 0 Å². The Kier molecular flexibility index (Phi) is 7.03. The SMILES string of the molecule is CCOC(=O)c1c(NC(=O)C[NH+](C)CC(=O)N2CCOCC2)sc2c1CCC2. The van der Waals surface area contributed by atoms with Crippen LogP contribution >= 0.6 is 11.3 Å². The second-order valence-corrected chi connectivity index (χ2v) is 8.24. The van der Waals surface area contributed by atoms with Gasteiger partial charge in [0.2, 0.25) is 0 Å². The number of rotatable bonds is 7. The number of fused-ring (bicyclic) bond motifs is 1. The average Bonchev–Trinajstić information content (AvgIpc) is 3.22. The molecule has 1 fully saturated rings. The van der Waals surface area contributed by atoms with Crippen LogP contribution in [0.3, 0.4) is 0 Å². The zero-order valence-corrected chi connectivity index (χ0v) is 17.3. The minimum absolute atomic E-state index is 0.0240. The maximum atomic E-state index is 12.5. The number of nitrogens with one attached hydrogen (secondary N) is 2. The summed E-state index contributed by atoms with van der Waals surface area (Å²) in [5, 5.41) is 3.45. The lowest BCUT2D eigenvalue weighted by Crippen LogP contribution is -3.11. The van der Waals surface area contributed by atoms with Gasteiger partial charge in [-0.2, -0.15) is 0 Å². The molecule has 2 N–H and O–H groups in total. The van der Waals surface area contributed by atoms with Crippen LogP contribution in [0.5, 0.6) is 0 Å². The maximum Gasteiger partial charge on any atom is 0.341 e. The second kappa shape index (κ2) is 9.49. The molecule has 9 heteroatoms. The number of hydrogen-bond donors (Lipinski definition) is 2. The first-order valence-electron chi connectivity index (χ1n) is 9.78. The number of amides is 2. The first kappa shape index (κ1) is 20.8. The molecule has 2 amide bonds. The molecule has 28 heavy (non-hydrogen) atoms. The topological polar surface area (TPSA) is 89.4 Å². The standard InChI is InChI=1S/C19H27N3O5S/c1-3-27-19(25)17-13-5-4-6-14(13)28-18(17)20-15(23)11-21(2)12-16(24)22-7-9-26-10-8-22/h3-12H2,1-2H3,(H,20,23)/p+1. The maximum absolute atomic E-state index is 12.5. The Morgan fingerprint density at radius 3 is 2.68 bits per heavy atom. The molecule has 0 radical (unpaired) electrons. The fourth-order valence-electron chi connectivity index (χ4n) is 3.60. The van der Waals surface area contributed by atoms with E-state index in [1.165, 1.54) is 11.3 Å². The summed E-state index contributed by atoms with van der Waals surface area (Å²) in [6, 6.07) is 0. The van der Waals surface area contributed by atoms with E-state index in [1.54, 1.807) is 11.8 Å². The smallest absolute Gasteiger partial charge is 0.341 e. The molecule has 8 nitrogen and oxygen atoms in total. The summed E-state index contributed by atoms with van der Waals surface area (Å²) >= 11 is 1.46. The van der Waals surface area contributed by atoms with Gasteiger partial charge in [0, 0.05) is 18.0 Å². The number of esters is 1. The number of quaternary nitrogens is 1. The molecule has 0 aromatic carbocycles. The van der Waals surface area contributed by atoms with Crippen molar-refractivity contribution in [2.75, 3.05) is 58.4 Å². The number of aryl methyl sites for hydroxylation is 1. The number of morpholine rings is 1. The predicted molar refractivity (Wildman–Crippen MR) is 105 cm³/mol. The number of hydrogen-bond acceptors (Lipinski definition) is 6. The number of ether oxygens (including phenoxy) is 2. The highest BCUT2D eigenvalue weighted by molar-refractivity contribution is 7.17. The van der Waals surface area contributed by atoms with Crippen LogP contribution in [0.1, 0.15) is 34.1 Å². The minimum atomic E-state index is -0.375. The summed E-state index contributed by atoms with van der Waals surface area (Å²) in [6.07, 6.45) is 2.80.